The van der Waals surface area contributed by atoms with E-state index in [1.165, 1.54) is 0 Å². The van der Waals surface area contributed by atoms with Gasteiger partial charge in [-0.15, -0.1) is 0 Å². The van der Waals surface area contributed by atoms with Crippen LogP contribution in [0.1, 0.15) is 43.0 Å². The smallest absolute Gasteiger partial charge is 0.300 e. The number of nitrogens with two attached hydrogens (primary N) is 1. The number of aromatic nitrogens is 1. The van der Waals surface area contributed by atoms with Crippen LogP contribution in [-0.2, 0) is 4.74 Å². The lowest BCUT2D eigenvalue weighted by molar-refractivity contribution is 0.0302. The van der Waals surface area contributed by atoms with Crippen molar-refractivity contribution in [1.29, 1.82) is 0 Å². The molecule has 0 atom stereocenters. The molecule has 0 bridgehead atoms. The monoisotopic (exact) mass is 498 g/mol. The van der Waals surface area contributed by atoms with Gasteiger partial charge in [-0.2, -0.15) is 4.98 Å². The number of para-hydroxylation sites is 1. The minimum absolute atomic E-state index is 0.0279. The zero-order valence-electron chi connectivity index (χ0n) is 21.5. The predicted octanol–water partition coefficient (Wildman–Crippen LogP) is 5.04. The number of ether oxygens (including phenoxy) is 1. The summed E-state index contributed by atoms with van der Waals surface area (Å²) in [5, 5.41) is 3.30. The summed E-state index contributed by atoms with van der Waals surface area (Å²) in [6.07, 6.45) is 0. The van der Waals surface area contributed by atoms with Crippen molar-refractivity contribution in [2.75, 3.05) is 31.6 Å². The second-order valence-electron chi connectivity index (χ2n) is 9.46. The molecule has 0 aliphatic carbocycles. The van der Waals surface area contributed by atoms with E-state index in [9.17, 15) is 9.59 Å². The van der Waals surface area contributed by atoms with Gasteiger partial charge in [-0.1, -0.05) is 24.3 Å². The van der Waals surface area contributed by atoms with Crippen LogP contribution in [0, 0.1) is 27.7 Å². The average molecular weight is 499 g/mol. The van der Waals surface area contributed by atoms with E-state index in [-0.39, 0.29) is 5.91 Å². The van der Waals surface area contributed by atoms with Crippen molar-refractivity contribution >= 4 is 34.6 Å². The third-order valence-corrected chi connectivity index (χ3v) is 7.08. The second kappa shape index (κ2) is 9.71. The van der Waals surface area contributed by atoms with Crippen molar-refractivity contribution in [1.82, 2.24) is 9.88 Å². The van der Waals surface area contributed by atoms with E-state index >= 15 is 0 Å². The highest BCUT2D eigenvalue weighted by molar-refractivity contribution is 5.98. The second-order valence-corrected chi connectivity index (χ2v) is 9.46. The number of aryl methyl sites for hydroxylation is 2. The first-order chi connectivity index (χ1) is 17.7. The highest BCUT2D eigenvalue weighted by Crippen LogP contribution is 2.34. The van der Waals surface area contributed by atoms with Gasteiger partial charge in [0.25, 0.3) is 11.9 Å². The van der Waals surface area contributed by atoms with Gasteiger partial charge in [0.05, 0.1) is 13.2 Å². The molecule has 0 radical (unpaired) electrons. The van der Waals surface area contributed by atoms with Crippen molar-refractivity contribution in [3.05, 3.63) is 75.8 Å². The van der Waals surface area contributed by atoms with Crippen LogP contribution in [0.4, 0.5) is 11.7 Å². The van der Waals surface area contributed by atoms with Crippen LogP contribution in [0.3, 0.4) is 0 Å². The van der Waals surface area contributed by atoms with Crippen molar-refractivity contribution in [3.8, 4) is 11.1 Å². The number of nitrogens with zero attached hydrogens (tertiary/aromatic N) is 2. The molecule has 1 saturated heterocycles. The molecule has 2 heterocycles. The fourth-order valence-electron chi connectivity index (χ4n) is 4.88. The lowest BCUT2D eigenvalue weighted by Gasteiger charge is -2.27. The molecule has 1 aliphatic rings. The average Bonchev–Trinajstić information content (AvgIpc) is 3.31. The van der Waals surface area contributed by atoms with Crippen LogP contribution < -0.4 is 11.1 Å². The van der Waals surface area contributed by atoms with Gasteiger partial charge >= 0.3 is 0 Å². The summed E-state index contributed by atoms with van der Waals surface area (Å²) in [5.74, 6) is -0.421. The number of carbonyl (C=O) groups excluding carboxylic acids is 2. The van der Waals surface area contributed by atoms with Gasteiger partial charge in [0.1, 0.15) is 5.52 Å². The Balaban J connectivity index is 1.47. The van der Waals surface area contributed by atoms with E-state index in [0.717, 1.165) is 39.1 Å². The van der Waals surface area contributed by atoms with Gasteiger partial charge in [-0.3, -0.25) is 9.59 Å². The third kappa shape index (κ3) is 4.56. The van der Waals surface area contributed by atoms with E-state index in [0.29, 0.717) is 54.5 Å². The summed E-state index contributed by atoms with van der Waals surface area (Å²) >= 11 is 0. The first-order valence-corrected chi connectivity index (χ1v) is 12.3. The SMILES string of the molecule is Cc1cc(-c2cccc3nc(Nc4c(C)cc(C(N)=O)c(C)c4C)oc23)ccc1C(=O)N1CCOCC1. The number of hydrogen-bond acceptors (Lipinski definition) is 6. The molecule has 5 rings (SSSR count). The maximum Gasteiger partial charge on any atom is 0.300 e. The van der Waals surface area contributed by atoms with Crippen LogP contribution in [0.5, 0.6) is 0 Å². The fraction of sp³-hybridized carbons (Fsp3) is 0.276. The molecule has 3 aromatic carbocycles. The lowest BCUT2D eigenvalue weighted by Crippen LogP contribution is -2.40. The molecule has 2 amide bonds. The molecule has 1 fully saturated rings. The van der Waals surface area contributed by atoms with Gasteiger partial charge in [-0.25, -0.2) is 0 Å². The summed E-state index contributed by atoms with van der Waals surface area (Å²) in [5.41, 5.74) is 14.3. The number of morpholine rings is 1. The molecular formula is C29H30N4O4. The molecule has 4 aromatic rings. The Morgan fingerprint density at radius 2 is 1.70 bits per heavy atom. The summed E-state index contributed by atoms with van der Waals surface area (Å²) in [6.45, 7) is 10.0. The Morgan fingerprint density at radius 3 is 2.41 bits per heavy atom. The van der Waals surface area contributed by atoms with E-state index in [1.54, 1.807) is 6.07 Å². The van der Waals surface area contributed by atoms with Crippen LogP contribution in [0.25, 0.3) is 22.2 Å². The Morgan fingerprint density at radius 1 is 0.946 bits per heavy atom. The van der Waals surface area contributed by atoms with E-state index in [1.807, 2.05) is 69.0 Å². The van der Waals surface area contributed by atoms with Crippen LogP contribution in [-0.4, -0.2) is 48.0 Å². The molecule has 1 aromatic heterocycles. The summed E-state index contributed by atoms with van der Waals surface area (Å²) < 4.78 is 11.6. The molecule has 0 saturated carbocycles. The number of anilines is 2. The zero-order chi connectivity index (χ0) is 26.3. The van der Waals surface area contributed by atoms with Crippen molar-refractivity contribution in [3.63, 3.8) is 0 Å². The highest BCUT2D eigenvalue weighted by Gasteiger charge is 2.21. The first kappa shape index (κ1) is 24.5. The minimum atomic E-state index is -0.449. The standard InChI is InChI=1S/C29H30N4O4/c1-16-14-20(8-9-21(16)28(35)33-10-12-36-13-11-33)22-6-5-7-24-26(22)37-29(31-24)32-25-17(2)15-23(27(30)34)18(3)19(25)4/h5-9,14-15H,10-13H2,1-4H3,(H2,30,34)(H,31,32). The van der Waals surface area contributed by atoms with E-state index in [2.05, 4.69) is 10.3 Å². The third-order valence-electron chi connectivity index (χ3n) is 7.08. The topological polar surface area (TPSA) is 111 Å². The van der Waals surface area contributed by atoms with Crippen LogP contribution in [0.15, 0.2) is 46.9 Å². The summed E-state index contributed by atoms with van der Waals surface area (Å²) in [6, 6.07) is 13.8. The number of benzene rings is 3. The number of carbonyl (C=O) groups is 2. The van der Waals surface area contributed by atoms with Crippen molar-refractivity contribution in [2.45, 2.75) is 27.7 Å². The van der Waals surface area contributed by atoms with Gasteiger partial charge < -0.3 is 25.1 Å². The Bertz CT molecular complexity index is 1530. The summed E-state index contributed by atoms with van der Waals surface area (Å²) in [4.78, 5) is 31.3. The zero-order valence-corrected chi connectivity index (χ0v) is 21.5. The Hall–Kier alpha value is -4.17. The van der Waals surface area contributed by atoms with Crippen molar-refractivity contribution < 1.29 is 18.7 Å². The molecule has 8 heteroatoms. The number of nitrogens with one attached hydrogen (secondary N) is 1. The number of oxazole rings is 1. The van der Waals surface area contributed by atoms with E-state index in [4.69, 9.17) is 14.9 Å². The molecule has 190 valence electrons. The van der Waals surface area contributed by atoms with Crippen LogP contribution in [0.2, 0.25) is 0 Å². The number of hydrogen-bond donors (Lipinski definition) is 2. The Labute approximate surface area is 215 Å². The molecule has 3 N–H and O–H groups in total. The lowest BCUT2D eigenvalue weighted by atomic mass is 9.97. The van der Waals surface area contributed by atoms with Crippen LogP contribution >= 0.6 is 0 Å². The van der Waals surface area contributed by atoms with Gasteiger partial charge in [-0.05, 0) is 73.7 Å². The molecular weight excluding hydrogens is 468 g/mol. The highest BCUT2D eigenvalue weighted by atomic mass is 16.5. The molecule has 37 heavy (non-hydrogen) atoms. The number of primary amides is 1. The molecule has 8 nitrogen and oxygen atoms in total. The predicted molar refractivity (Wildman–Crippen MR) is 143 cm³/mol. The fourth-order valence-corrected chi connectivity index (χ4v) is 4.88. The molecule has 0 unspecified atom stereocenters. The van der Waals surface area contributed by atoms with Gasteiger partial charge in [0, 0.05) is 35.5 Å². The number of rotatable bonds is 5. The van der Waals surface area contributed by atoms with Gasteiger partial charge in [0.2, 0.25) is 5.91 Å². The normalized spacial score (nSPS) is 13.7. The molecule has 0 spiro atoms. The number of amides is 2. The maximum atomic E-state index is 13.0. The van der Waals surface area contributed by atoms with Gasteiger partial charge in [0.15, 0.2) is 5.58 Å². The van der Waals surface area contributed by atoms with E-state index < -0.39 is 5.91 Å². The largest absolute Gasteiger partial charge is 0.423 e. The van der Waals surface area contributed by atoms with Crippen molar-refractivity contribution in [2.24, 2.45) is 5.73 Å². The quantitative estimate of drug-likeness (QED) is 0.399. The molecule has 1 aliphatic heterocycles. The maximum absolute atomic E-state index is 13.0. The Kier molecular flexibility index (Phi) is 6.43. The summed E-state index contributed by atoms with van der Waals surface area (Å²) in [7, 11) is 0. The first-order valence-electron chi connectivity index (χ1n) is 12.3. The number of fused-ring (bicyclic) bond motifs is 1. The minimum Gasteiger partial charge on any atom is -0.423 e.